The first-order chi connectivity index (χ1) is 5.82. The maximum atomic E-state index is 9.47. The van der Waals surface area contributed by atoms with E-state index in [9.17, 15) is 5.11 Å². The molecule has 3 N–H and O–H groups in total. The van der Waals surface area contributed by atoms with Gasteiger partial charge in [0.15, 0.2) is 11.9 Å². The van der Waals surface area contributed by atoms with E-state index >= 15 is 0 Å². The Labute approximate surface area is 89.6 Å². The molecule has 0 amide bonds. The Morgan fingerprint density at radius 1 is 1.54 bits per heavy atom. The molecular weight excluding hydrogens is 238 g/mol. The highest BCUT2D eigenvalue weighted by molar-refractivity contribution is 6.67. The van der Waals surface area contributed by atoms with Gasteiger partial charge in [-0.15, -0.1) is 0 Å². The molecule has 1 unspecified atom stereocenters. The lowest BCUT2D eigenvalue weighted by Gasteiger charge is -2.16. The number of nitrogen functional groups attached to an aromatic ring is 1. The lowest BCUT2D eigenvalue weighted by molar-refractivity contribution is 0.154. The number of anilines is 1. The van der Waals surface area contributed by atoms with Crippen LogP contribution in [0.2, 0.25) is 0 Å². The molecule has 0 aliphatic rings. The minimum absolute atomic E-state index is 0.0671. The molecule has 1 aromatic heterocycles. The number of nitrogens with two attached hydrogens (primary N) is 1. The number of halogens is 3. The van der Waals surface area contributed by atoms with Gasteiger partial charge in [-0.25, -0.2) is 0 Å². The van der Waals surface area contributed by atoms with Gasteiger partial charge in [0, 0.05) is 0 Å². The van der Waals surface area contributed by atoms with Crippen molar-refractivity contribution in [3.8, 4) is 0 Å². The van der Waals surface area contributed by atoms with Gasteiger partial charge in [-0.2, -0.15) is 4.98 Å². The van der Waals surface area contributed by atoms with Gasteiger partial charge in [0.2, 0.25) is 3.79 Å². The van der Waals surface area contributed by atoms with Gasteiger partial charge >= 0.3 is 0 Å². The minimum Gasteiger partial charge on any atom is -0.426 e. The average molecular weight is 245 g/mol. The lowest BCUT2D eigenvalue weighted by atomic mass is 10.2. The molecule has 0 aliphatic carbocycles. The second-order valence-electron chi connectivity index (χ2n) is 2.45. The van der Waals surface area contributed by atoms with Crippen molar-refractivity contribution in [1.82, 2.24) is 4.98 Å². The predicted molar refractivity (Wildman–Crippen MR) is 50.9 cm³/mol. The molecule has 13 heavy (non-hydrogen) atoms. The van der Waals surface area contributed by atoms with Crippen molar-refractivity contribution in [1.29, 1.82) is 0 Å². The number of oxazole rings is 1. The third-order valence-corrected chi connectivity index (χ3v) is 2.03. The second kappa shape index (κ2) is 3.53. The SMILES string of the molecule is Cc1nc(N)oc1C(O)C(Cl)(Cl)Cl. The van der Waals surface area contributed by atoms with E-state index in [0.29, 0.717) is 5.69 Å². The van der Waals surface area contributed by atoms with E-state index in [4.69, 9.17) is 45.0 Å². The molecule has 0 spiro atoms. The maximum Gasteiger partial charge on any atom is 0.292 e. The first-order valence-electron chi connectivity index (χ1n) is 3.30. The number of hydrogen-bond acceptors (Lipinski definition) is 4. The fraction of sp³-hybridized carbons (Fsp3) is 0.500. The van der Waals surface area contributed by atoms with Crippen LogP contribution in [0.3, 0.4) is 0 Å². The molecule has 0 aliphatic heterocycles. The van der Waals surface area contributed by atoms with Crippen molar-refractivity contribution >= 4 is 40.8 Å². The number of rotatable bonds is 1. The molecule has 0 saturated heterocycles. The van der Waals surface area contributed by atoms with Crippen molar-refractivity contribution in [2.75, 3.05) is 5.73 Å². The van der Waals surface area contributed by atoms with Crippen LogP contribution in [0.4, 0.5) is 6.01 Å². The molecule has 1 atom stereocenters. The predicted octanol–water partition coefficient (Wildman–Crippen LogP) is 1.97. The number of aryl methyl sites for hydroxylation is 1. The highest BCUT2D eigenvalue weighted by Crippen LogP contribution is 2.40. The standard InChI is InChI=1S/C6H7Cl3N2O2/c1-2-3(13-5(10)11-2)4(12)6(7,8)9/h4,12H,1H3,(H2,10,11). The zero-order chi connectivity index (χ0) is 10.2. The monoisotopic (exact) mass is 244 g/mol. The summed E-state index contributed by atoms with van der Waals surface area (Å²) in [7, 11) is 0. The number of nitrogens with zero attached hydrogens (tertiary/aromatic N) is 1. The van der Waals surface area contributed by atoms with Crippen LogP contribution in [-0.2, 0) is 0 Å². The first kappa shape index (κ1) is 10.9. The van der Waals surface area contributed by atoms with E-state index in [1.54, 1.807) is 6.92 Å². The van der Waals surface area contributed by atoms with E-state index in [0.717, 1.165) is 0 Å². The van der Waals surface area contributed by atoms with Crippen molar-refractivity contribution in [3.05, 3.63) is 11.5 Å². The minimum atomic E-state index is -1.85. The van der Waals surface area contributed by atoms with Crippen LogP contribution in [0, 0.1) is 6.92 Å². The Hall–Kier alpha value is -0.160. The third-order valence-electron chi connectivity index (χ3n) is 1.41. The normalized spacial score (nSPS) is 14.5. The molecule has 1 heterocycles. The van der Waals surface area contributed by atoms with Crippen LogP contribution in [0.1, 0.15) is 17.6 Å². The number of aliphatic hydroxyl groups excluding tert-OH is 1. The zero-order valence-corrected chi connectivity index (χ0v) is 8.86. The molecule has 74 valence electrons. The number of alkyl halides is 3. The van der Waals surface area contributed by atoms with Crippen LogP contribution in [0.5, 0.6) is 0 Å². The van der Waals surface area contributed by atoms with E-state index < -0.39 is 9.90 Å². The Morgan fingerprint density at radius 3 is 2.38 bits per heavy atom. The van der Waals surface area contributed by atoms with Crippen LogP contribution in [0.15, 0.2) is 4.42 Å². The Kier molecular flexibility index (Phi) is 2.97. The Morgan fingerprint density at radius 2 is 2.08 bits per heavy atom. The van der Waals surface area contributed by atoms with E-state index in [1.165, 1.54) is 0 Å². The molecule has 7 heteroatoms. The molecule has 0 bridgehead atoms. The van der Waals surface area contributed by atoms with Gasteiger partial charge in [0.1, 0.15) is 0 Å². The second-order valence-corrected chi connectivity index (χ2v) is 4.81. The largest absolute Gasteiger partial charge is 0.426 e. The summed E-state index contributed by atoms with van der Waals surface area (Å²) in [4.78, 5) is 3.72. The Bertz CT molecular complexity index is 307. The quantitative estimate of drug-likeness (QED) is 0.742. The van der Waals surface area contributed by atoms with Crippen molar-refractivity contribution in [3.63, 3.8) is 0 Å². The summed E-state index contributed by atoms with van der Waals surface area (Å²) in [5.74, 6) is 0.0671. The highest BCUT2D eigenvalue weighted by atomic mass is 35.6. The van der Waals surface area contributed by atoms with Gasteiger partial charge in [0.05, 0.1) is 5.69 Å². The van der Waals surface area contributed by atoms with Crippen molar-refractivity contribution in [2.45, 2.75) is 16.8 Å². The molecule has 1 rings (SSSR count). The molecule has 0 radical (unpaired) electrons. The number of aromatic nitrogens is 1. The van der Waals surface area contributed by atoms with Gasteiger partial charge < -0.3 is 15.3 Å². The topological polar surface area (TPSA) is 72.3 Å². The van der Waals surface area contributed by atoms with Crippen molar-refractivity contribution in [2.24, 2.45) is 0 Å². The van der Waals surface area contributed by atoms with Gasteiger partial charge in [0.25, 0.3) is 6.01 Å². The number of aliphatic hydroxyl groups is 1. The van der Waals surface area contributed by atoms with Crippen molar-refractivity contribution < 1.29 is 9.52 Å². The van der Waals surface area contributed by atoms with Gasteiger partial charge in [-0.1, -0.05) is 34.8 Å². The summed E-state index contributed by atoms with van der Waals surface area (Å²) in [6.45, 7) is 1.59. The average Bonchev–Trinajstić information content (AvgIpc) is 2.26. The van der Waals surface area contributed by atoms with Gasteiger partial charge in [-0.3, -0.25) is 0 Å². The number of hydrogen-bond donors (Lipinski definition) is 2. The van der Waals surface area contributed by atoms with E-state index in [2.05, 4.69) is 4.98 Å². The molecule has 4 nitrogen and oxygen atoms in total. The molecular formula is C6H7Cl3N2O2. The first-order valence-corrected chi connectivity index (χ1v) is 4.43. The van der Waals surface area contributed by atoms with E-state index in [-0.39, 0.29) is 11.8 Å². The summed E-state index contributed by atoms with van der Waals surface area (Å²) >= 11 is 16.4. The summed E-state index contributed by atoms with van der Waals surface area (Å²) in [5.41, 5.74) is 5.64. The van der Waals surface area contributed by atoms with Crippen LogP contribution >= 0.6 is 34.8 Å². The summed E-state index contributed by atoms with van der Waals surface area (Å²) in [6, 6.07) is -0.0687. The molecule has 1 aromatic rings. The van der Waals surface area contributed by atoms with Crippen LogP contribution in [-0.4, -0.2) is 13.9 Å². The molecule has 0 aromatic carbocycles. The third kappa shape index (κ3) is 2.40. The summed E-state index contributed by atoms with van der Waals surface area (Å²) < 4.78 is 3.02. The van der Waals surface area contributed by atoms with Crippen LogP contribution < -0.4 is 5.73 Å². The lowest BCUT2D eigenvalue weighted by Crippen LogP contribution is -2.16. The smallest absolute Gasteiger partial charge is 0.292 e. The molecule has 0 fully saturated rings. The molecule has 0 saturated carbocycles. The van der Waals surface area contributed by atoms with Gasteiger partial charge in [-0.05, 0) is 6.92 Å². The zero-order valence-electron chi connectivity index (χ0n) is 6.59. The fourth-order valence-electron chi connectivity index (χ4n) is 0.832. The highest BCUT2D eigenvalue weighted by Gasteiger charge is 2.36. The van der Waals surface area contributed by atoms with E-state index in [1.807, 2.05) is 0 Å². The maximum absolute atomic E-state index is 9.47. The summed E-state index contributed by atoms with van der Waals surface area (Å²) in [5, 5.41) is 9.47. The summed E-state index contributed by atoms with van der Waals surface area (Å²) in [6.07, 6.45) is -1.37. The fourth-order valence-corrected chi connectivity index (χ4v) is 1.13. The van der Waals surface area contributed by atoms with Crippen LogP contribution in [0.25, 0.3) is 0 Å². The Balaban J connectivity index is 3.01.